The van der Waals surface area contributed by atoms with Crippen LogP contribution in [-0.4, -0.2) is 5.11 Å². The Morgan fingerprint density at radius 2 is 0.941 bits per heavy atom. The summed E-state index contributed by atoms with van der Waals surface area (Å²) < 4.78 is 0. The number of aliphatic hydroxyl groups excluding tert-OH is 1. The molecule has 1 nitrogen and oxygen atoms in total. The lowest BCUT2D eigenvalue weighted by molar-refractivity contribution is 0.408. The van der Waals surface area contributed by atoms with Crippen LogP contribution in [-0.2, 0) is 12.8 Å². The number of aryl methyl sites for hydroxylation is 2. The molecule has 34 heavy (non-hydrogen) atoms. The predicted octanol–water partition coefficient (Wildman–Crippen LogP) is 11.9. The fourth-order valence-electron chi connectivity index (χ4n) is 1.66. The minimum Gasteiger partial charge on any atom is -0.512 e. The first-order valence-electron chi connectivity index (χ1n) is 13.0. The molecule has 0 bridgehead atoms. The van der Waals surface area contributed by atoms with Gasteiger partial charge in [0.05, 0.1) is 5.76 Å². The molecule has 0 spiro atoms. The smallest absolute Gasteiger partial charge is 0.0923 e. The van der Waals surface area contributed by atoms with Gasteiger partial charge in [-0.15, -0.1) is 19.7 Å². The predicted molar refractivity (Wildman–Crippen MR) is 163 cm³/mol. The van der Waals surface area contributed by atoms with Gasteiger partial charge in [0.25, 0.3) is 0 Å². The van der Waals surface area contributed by atoms with E-state index in [1.165, 1.54) is 34.3 Å². The molecule has 0 aliphatic rings. The van der Waals surface area contributed by atoms with Gasteiger partial charge in [-0.05, 0) is 89.0 Å². The fraction of sp³-hybridized carbons (Fsp3) is 0.576. The highest BCUT2D eigenvalue weighted by molar-refractivity contribution is 5.31. The summed E-state index contributed by atoms with van der Waals surface area (Å²) in [4.78, 5) is 0. The van der Waals surface area contributed by atoms with Crippen molar-refractivity contribution in [2.75, 3.05) is 0 Å². The molecule has 0 radical (unpaired) electrons. The molecule has 0 atom stereocenters. The maximum atomic E-state index is 9.09. The summed E-state index contributed by atoms with van der Waals surface area (Å²) >= 11 is 0. The van der Waals surface area contributed by atoms with Crippen LogP contribution in [0.1, 0.15) is 121 Å². The lowest BCUT2D eigenvalue weighted by atomic mass is 10.0. The lowest BCUT2D eigenvalue weighted by Gasteiger charge is -2.04. The molecule has 1 N–H and O–H groups in total. The first-order chi connectivity index (χ1) is 15.7. The topological polar surface area (TPSA) is 20.2 Å². The zero-order valence-corrected chi connectivity index (χ0v) is 25.8. The van der Waals surface area contributed by atoms with Gasteiger partial charge < -0.3 is 5.11 Å². The van der Waals surface area contributed by atoms with E-state index in [1.54, 1.807) is 6.92 Å². The molecule has 1 aromatic rings. The molecule has 0 aliphatic carbocycles. The van der Waals surface area contributed by atoms with E-state index in [2.05, 4.69) is 99.4 Å². The van der Waals surface area contributed by atoms with E-state index in [-0.39, 0.29) is 0 Å². The zero-order chi connectivity index (χ0) is 28.3. The monoisotopic (exact) mass is 474 g/mol. The summed E-state index contributed by atoms with van der Waals surface area (Å²) in [5.41, 5.74) is 7.53. The average molecular weight is 475 g/mol. The average Bonchev–Trinajstić information content (AvgIpc) is 2.80. The Labute approximate surface area is 216 Å². The number of benzene rings is 1. The second-order valence-corrected chi connectivity index (χ2v) is 9.11. The van der Waals surface area contributed by atoms with Crippen LogP contribution in [0.5, 0.6) is 0 Å². The highest BCUT2D eigenvalue weighted by Gasteiger charge is 1.97. The van der Waals surface area contributed by atoms with Crippen molar-refractivity contribution in [1.82, 2.24) is 0 Å². The number of hydrogen-bond donors (Lipinski definition) is 1. The maximum absolute atomic E-state index is 9.09. The standard InChI is InChI=1S/C10H14.C9H16O.C5H10.C4H10.C3H8.C2H4/c1-3-9-5-7-10(4-2)8-6-9;1-6(2)7(3)8(4)9(5)10;1-4-5(2)3;1-4(2)3;1-3-2;1-2/h5-8H,3-4H2,1-2H3;10H,1-5H3;2,4H2,1,3H3;4H,1-3H3;3H2,1-2H3;1-2H2/b;9-8+;;;;. The number of hydrogen-bond acceptors (Lipinski definition) is 1. The van der Waals surface area contributed by atoms with Crippen molar-refractivity contribution in [2.45, 2.75) is 123 Å². The van der Waals surface area contributed by atoms with Crippen LogP contribution < -0.4 is 0 Å². The van der Waals surface area contributed by atoms with Crippen molar-refractivity contribution in [3.63, 3.8) is 0 Å². The molecule has 200 valence electrons. The van der Waals surface area contributed by atoms with E-state index in [1.807, 2.05) is 34.6 Å². The molecular weight excluding hydrogens is 412 g/mol. The Hall–Kier alpha value is -2.02. The molecule has 0 unspecified atom stereocenters. The molecule has 1 heteroatoms. The minimum absolute atomic E-state index is 0.415. The van der Waals surface area contributed by atoms with Gasteiger partial charge in [0, 0.05) is 0 Å². The van der Waals surface area contributed by atoms with E-state index < -0.39 is 0 Å². The lowest BCUT2D eigenvalue weighted by Crippen LogP contribution is -1.87. The third-order valence-electron chi connectivity index (χ3n) is 4.30. The highest BCUT2D eigenvalue weighted by atomic mass is 16.3. The normalized spacial score (nSPS) is 9.38. The van der Waals surface area contributed by atoms with Gasteiger partial charge in [-0.2, -0.15) is 0 Å². The third-order valence-corrected chi connectivity index (χ3v) is 4.30. The number of rotatable bonds is 4. The molecule has 0 aromatic heterocycles. The SMILES string of the molecule is C=C.C=C(C)CC.CC(C)=C(C)/C(C)=C(\C)O.CC(C)C.CCC.CCc1ccc(CC)cc1. The van der Waals surface area contributed by atoms with Crippen molar-refractivity contribution >= 4 is 0 Å². The second kappa shape index (κ2) is 31.0. The first-order valence-corrected chi connectivity index (χ1v) is 13.0. The van der Waals surface area contributed by atoms with E-state index in [0.717, 1.165) is 30.8 Å². The van der Waals surface area contributed by atoms with E-state index >= 15 is 0 Å². The summed E-state index contributed by atoms with van der Waals surface area (Å²) in [6.07, 6.45) is 4.65. The molecule has 0 fully saturated rings. The Kier molecular flexibility index (Phi) is 38.4. The quantitative estimate of drug-likeness (QED) is 0.261. The van der Waals surface area contributed by atoms with Crippen LogP contribution in [0.25, 0.3) is 0 Å². The van der Waals surface area contributed by atoms with Crippen LogP contribution in [0.2, 0.25) is 0 Å². The van der Waals surface area contributed by atoms with Crippen LogP contribution in [0.4, 0.5) is 0 Å². The van der Waals surface area contributed by atoms with Gasteiger partial charge in [0.15, 0.2) is 0 Å². The van der Waals surface area contributed by atoms with Gasteiger partial charge in [-0.25, -0.2) is 0 Å². The van der Waals surface area contributed by atoms with E-state index in [4.69, 9.17) is 5.11 Å². The van der Waals surface area contributed by atoms with Crippen molar-refractivity contribution in [1.29, 1.82) is 0 Å². The Morgan fingerprint density at radius 3 is 1.03 bits per heavy atom. The summed E-state index contributed by atoms with van der Waals surface area (Å²) in [7, 11) is 0. The molecule has 0 heterocycles. The van der Waals surface area contributed by atoms with Gasteiger partial charge in [0.1, 0.15) is 0 Å². The van der Waals surface area contributed by atoms with Gasteiger partial charge in [-0.1, -0.05) is 97.2 Å². The summed E-state index contributed by atoms with van der Waals surface area (Å²) in [5, 5.41) is 9.09. The Balaban J connectivity index is -0.000000109. The van der Waals surface area contributed by atoms with Crippen molar-refractivity contribution in [2.24, 2.45) is 5.92 Å². The fourth-order valence-corrected chi connectivity index (χ4v) is 1.66. The summed E-state index contributed by atoms with van der Waals surface area (Å²) in [5.74, 6) is 1.25. The zero-order valence-electron chi connectivity index (χ0n) is 25.8. The molecule has 1 rings (SSSR count). The van der Waals surface area contributed by atoms with Crippen LogP contribution in [0, 0.1) is 5.92 Å². The van der Waals surface area contributed by atoms with Crippen molar-refractivity contribution in [3.05, 3.63) is 83.2 Å². The molecule has 0 saturated carbocycles. The van der Waals surface area contributed by atoms with Crippen molar-refractivity contribution < 1.29 is 5.11 Å². The number of allylic oxidation sites excluding steroid dienone is 5. The summed E-state index contributed by atoms with van der Waals surface area (Å²) in [6.45, 7) is 38.7. The molecule has 0 amide bonds. The second-order valence-electron chi connectivity index (χ2n) is 9.11. The third kappa shape index (κ3) is 37.3. The first kappa shape index (κ1) is 42.2. The molecule has 1 aromatic carbocycles. The molecule has 0 aliphatic heterocycles. The highest BCUT2D eigenvalue weighted by Crippen LogP contribution is 2.15. The minimum atomic E-state index is 0.415. The Morgan fingerprint density at radius 1 is 0.706 bits per heavy atom. The van der Waals surface area contributed by atoms with Gasteiger partial charge in [0.2, 0.25) is 0 Å². The maximum Gasteiger partial charge on any atom is 0.0923 e. The van der Waals surface area contributed by atoms with Crippen LogP contribution in [0.15, 0.2) is 72.1 Å². The number of aliphatic hydroxyl groups is 1. The van der Waals surface area contributed by atoms with Crippen LogP contribution >= 0.6 is 0 Å². The summed E-state index contributed by atoms with van der Waals surface area (Å²) in [6, 6.07) is 8.83. The van der Waals surface area contributed by atoms with E-state index in [9.17, 15) is 0 Å². The van der Waals surface area contributed by atoms with Crippen molar-refractivity contribution in [3.8, 4) is 0 Å². The largest absolute Gasteiger partial charge is 0.512 e. The molecule has 0 saturated heterocycles. The Bertz CT molecular complexity index is 571. The molecular formula is C33H62O. The van der Waals surface area contributed by atoms with Gasteiger partial charge in [-0.3, -0.25) is 0 Å². The van der Waals surface area contributed by atoms with Crippen LogP contribution in [0.3, 0.4) is 0 Å². The van der Waals surface area contributed by atoms with Gasteiger partial charge >= 0.3 is 0 Å². The van der Waals surface area contributed by atoms with E-state index in [0.29, 0.717) is 5.76 Å².